The van der Waals surface area contributed by atoms with Crippen LogP contribution < -0.4 is 9.47 Å². The van der Waals surface area contributed by atoms with Crippen molar-refractivity contribution in [3.05, 3.63) is 34.9 Å². The first kappa shape index (κ1) is 14.7. The number of benzene rings is 1. The third-order valence-electron chi connectivity index (χ3n) is 6.00. The molecular weight excluding hydrogens is 310 g/mol. The molecule has 0 radical (unpaired) electrons. The van der Waals surface area contributed by atoms with Crippen molar-refractivity contribution in [2.75, 3.05) is 27.0 Å². The van der Waals surface area contributed by atoms with E-state index in [1.165, 1.54) is 5.56 Å². The van der Waals surface area contributed by atoms with E-state index in [0.717, 1.165) is 35.6 Å². The van der Waals surface area contributed by atoms with Crippen LogP contribution in [0.1, 0.15) is 17.5 Å². The van der Waals surface area contributed by atoms with Crippen LogP contribution in [-0.4, -0.2) is 60.4 Å². The van der Waals surface area contributed by atoms with Crippen LogP contribution in [0.5, 0.6) is 11.5 Å². The molecule has 1 spiro atoms. The molecule has 1 aromatic carbocycles. The second-order valence-corrected chi connectivity index (χ2v) is 7.03. The van der Waals surface area contributed by atoms with Gasteiger partial charge >= 0.3 is 0 Å². The largest absolute Gasteiger partial charge is 0.454 e. The van der Waals surface area contributed by atoms with Gasteiger partial charge in [0, 0.05) is 26.6 Å². The molecule has 2 N–H and O–H groups in total. The summed E-state index contributed by atoms with van der Waals surface area (Å²) in [6.07, 6.45) is 1.78. The molecule has 3 heterocycles. The van der Waals surface area contributed by atoms with Crippen LogP contribution in [0.15, 0.2) is 23.8 Å². The lowest BCUT2D eigenvalue weighted by molar-refractivity contribution is -0.0345. The van der Waals surface area contributed by atoms with E-state index in [9.17, 15) is 10.2 Å². The van der Waals surface area contributed by atoms with Crippen LogP contribution >= 0.6 is 0 Å². The minimum absolute atomic E-state index is 0.250. The zero-order valence-corrected chi connectivity index (χ0v) is 13.6. The number of ether oxygens (including phenoxy) is 3. The number of aliphatic hydroxyl groups is 2. The maximum atomic E-state index is 10.6. The lowest BCUT2D eigenvalue weighted by Gasteiger charge is -2.48. The number of rotatable bonds is 1. The van der Waals surface area contributed by atoms with E-state index in [1.807, 2.05) is 0 Å². The number of fused-ring (bicyclic) bond motifs is 2. The quantitative estimate of drug-likeness (QED) is 0.733. The van der Waals surface area contributed by atoms with Gasteiger partial charge in [0.15, 0.2) is 11.5 Å². The Morgan fingerprint density at radius 3 is 2.83 bits per heavy atom. The van der Waals surface area contributed by atoms with Gasteiger partial charge in [0.05, 0.1) is 23.9 Å². The van der Waals surface area contributed by atoms with Gasteiger partial charge in [0.2, 0.25) is 6.79 Å². The van der Waals surface area contributed by atoms with Crippen LogP contribution in [0.25, 0.3) is 0 Å². The van der Waals surface area contributed by atoms with Gasteiger partial charge in [-0.1, -0.05) is 0 Å². The van der Waals surface area contributed by atoms with Crippen molar-refractivity contribution in [2.24, 2.45) is 0 Å². The Bertz CT molecular complexity index is 732. The number of aliphatic hydroxyl groups excluding tert-OH is 2. The third kappa shape index (κ3) is 1.74. The molecule has 0 amide bonds. The lowest BCUT2D eigenvalue weighted by atomic mass is 9.70. The van der Waals surface area contributed by atoms with Gasteiger partial charge in [-0.05, 0) is 41.3 Å². The fourth-order valence-corrected chi connectivity index (χ4v) is 4.89. The molecule has 6 nitrogen and oxygen atoms in total. The monoisotopic (exact) mass is 331 g/mol. The van der Waals surface area contributed by atoms with Crippen molar-refractivity contribution in [2.45, 2.75) is 36.7 Å². The summed E-state index contributed by atoms with van der Waals surface area (Å²) in [5.74, 6) is 1.55. The second kappa shape index (κ2) is 4.95. The Kier molecular flexibility index (Phi) is 3.04. The van der Waals surface area contributed by atoms with Crippen LogP contribution in [0, 0.1) is 0 Å². The van der Waals surface area contributed by atoms with Crippen LogP contribution in [0.3, 0.4) is 0 Å². The Labute approximate surface area is 140 Å². The Hall–Kier alpha value is -1.60. The number of hydrogen-bond donors (Lipinski definition) is 2. The van der Waals surface area contributed by atoms with E-state index in [0.29, 0.717) is 13.0 Å². The normalized spacial score (nSPS) is 36.8. The maximum absolute atomic E-state index is 10.6. The van der Waals surface area contributed by atoms with E-state index in [2.05, 4.69) is 17.0 Å². The maximum Gasteiger partial charge on any atom is 0.231 e. The first-order valence-electron chi connectivity index (χ1n) is 8.42. The standard InChI is InChI=1S/C18H21NO5/c1-22-17-7-18-11-6-16-15(23-9-24-16)4-10(11)2-3-19(18)8-14(21)12(18)5-13(17)20/h4-6,13-14,17,20-21H,2-3,7-9H2,1H3/t13-,14+,17-,18-/m1/s1. The summed E-state index contributed by atoms with van der Waals surface area (Å²) < 4.78 is 16.7. The average molecular weight is 331 g/mol. The zero-order chi connectivity index (χ0) is 16.5. The molecule has 128 valence electrons. The van der Waals surface area contributed by atoms with Crippen molar-refractivity contribution < 1.29 is 24.4 Å². The first-order valence-corrected chi connectivity index (χ1v) is 8.42. The van der Waals surface area contributed by atoms with Gasteiger partial charge in [-0.25, -0.2) is 0 Å². The Balaban J connectivity index is 1.73. The lowest BCUT2D eigenvalue weighted by Crippen LogP contribution is -2.53. The van der Waals surface area contributed by atoms with Crippen molar-refractivity contribution >= 4 is 0 Å². The third-order valence-corrected chi connectivity index (χ3v) is 6.00. The zero-order valence-electron chi connectivity index (χ0n) is 13.6. The number of nitrogens with zero attached hydrogens (tertiary/aromatic N) is 1. The topological polar surface area (TPSA) is 71.4 Å². The van der Waals surface area contributed by atoms with Crippen LogP contribution in [0.2, 0.25) is 0 Å². The van der Waals surface area contributed by atoms with E-state index in [4.69, 9.17) is 14.2 Å². The molecule has 1 aliphatic carbocycles. The van der Waals surface area contributed by atoms with Crippen molar-refractivity contribution in [1.82, 2.24) is 4.90 Å². The minimum atomic E-state index is -0.690. The molecule has 0 saturated carbocycles. The number of methoxy groups -OCH3 is 1. The molecule has 1 saturated heterocycles. The van der Waals surface area contributed by atoms with Gasteiger partial charge in [-0.3, -0.25) is 4.90 Å². The SMILES string of the molecule is CO[C@@H]1C[C@@]23C(=C[C@H]1O)[C@@H](O)CN2CCc1cc2c(cc13)OCO2. The predicted molar refractivity (Wildman–Crippen MR) is 85.0 cm³/mol. The van der Waals surface area contributed by atoms with Gasteiger partial charge < -0.3 is 24.4 Å². The van der Waals surface area contributed by atoms with Gasteiger partial charge in [0.1, 0.15) is 0 Å². The highest BCUT2D eigenvalue weighted by atomic mass is 16.7. The second-order valence-electron chi connectivity index (χ2n) is 7.03. The Morgan fingerprint density at radius 1 is 1.25 bits per heavy atom. The molecule has 4 aliphatic rings. The van der Waals surface area contributed by atoms with Gasteiger partial charge in [0.25, 0.3) is 0 Å². The molecular formula is C18H21NO5. The van der Waals surface area contributed by atoms with Crippen molar-refractivity contribution in [3.8, 4) is 11.5 Å². The summed E-state index contributed by atoms with van der Waals surface area (Å²) in [7, 11) is 1.63. The van der Waals surface area contributed by atoms with E-state index in [1.54, 1.807) is 13.2 Å². The van der Waals surface area contributed by atoms with E-state index < -0.39 is 17.7 Å². The van der Waals surface area contributed by atoms with Gasteiger partial charge in [-0.2, -0.15) is 0 Å². The first-order chi connectivity index (χ1) is 11.6. The Morgan fingerprint density at radius 2 is 2.04 bits per heavy atom. The number of hydrogen-bond acceptors (Lipinski definition) is 6. The molecule has 0 unspecified atom stereocenters. The smallest absolute Gasteiger partial charge is 0.231 e. The summed E-state index contributed by atoms with van der Waals surface area (Å²) in [5, 5.41) is 21.0. The van der Waals surface area contributed by atoms with Crippen molar-refractivity contribution in [1.29, 1.82) is 0 Å². The molecule has 4 atom stereocenters. The molecule has 6 heteroatoms. The van der Waals surface area contributed by atoms with E-state index in [-0.39, 0.29) is 12.9 Å². The molecule has 3 aliphatic heterocycles. The van der Waals surface area contributed by atoms with E-state index >= 15 is 0 Å². The highest BCUT2D eigenvalue weighted by Gasteiger charge is 2.56. The summed E-state index contributed by atoms with van der Waals surface area (Å²) in [6, 6.07) is 4.12. The van der Waals surface area contributed by atoms with Crippen LogP contribution in [-0.2, 0) is 16.7 Å². The molecule has 24 heavy (non-hydrogen) atoms. The summed E-state index contributed by atoms with van der Waals surface area (Å²) in [5.41, 5.74) is 2.84. The molecule has 0 bridgehead atoms. The highest BCUT2D eigenvalue weighted by molar-refractivity contribution is 5.57. The minimum Gasteiger partial charge on any atom is -0.454 e. The summed E-state index contributed by atoms with van der Waals surface area (Å²) in [6.45, 7) is 1.70. The van der Waals surface area contributed by atoms with Crippen molar-refractivity contribution in [3.63, 3.8) is 0 Å². The molecule has 5 rings (SSSR count). The van der Waals surface area contributed by atoms with Crippen LogP contribution in [0.4, 0.5) is 0 Å². The summed E-state index contributed by atoms with van der Waals surface area (Å²) >= 11 is 0. The summed E-state index contributed by atoms with van der Waals surface area (Å²) in [4.78, 5) is 2.33. The molecule has 0 aromatic heterocycles. The molecule has 1 aromatic rings. The van der Waals surface area contributed by atoms with Gasteiger partial charge in [-0.15, -0.1) is 0 Å². The predicted octanol–water partition coefficient (Wildman–Crippen LogP) is 0.549. The fraction of sp³-hybridized carbons (Fsp3) is 0.556. The fourth-order valence-electron chi connectivity index (χ4n) is 4.89. The average Bonchev–Trinajstić information content (AvgIpc) is 3.14. The molecule has 1 fully saturated rings. The highest BCUT2D eigenvalue weighted by Crippen LogP contribution is 2.54.